The second-order valence-electron chi connectivity index (χ2n) is 6.45. The van der Waals surface area contributed by atoms with Gasteiger partial charge in [0.05, 0.1) is 11.5 Å². The first kappa shape index (κ1) is 21.5. The smallest absolute Gasteiger partial charge is 0.309 e. The fourth-order valence-corrected chi connectivity index (χ4v) is 3.51. The standard InChI is InChI=1S/C20H22N4O5S/c1-4-28-17-8-6-5-7-15(17)13-21-18(25)20-23-22-19(29-20)14-9-11-16(12-10-14)30(26,27)24(2)3/h5-12H,4,13H2,1-3H3,(H,21,25). The molecule has 3 rings (SSSR count). The molecule has 0 saturated heterocycles. The number of carbonyl (C=O) groups excluding carboxylic acids is 1. The Hall–Kier alpha value is -3.24. The Kier molecular flexibility index (Phi) is 6.48. The molecule has 0 spiro atoms. The molecule has 0 saturated carbocycles. The number of hydrogen-bond donors (Lipinski definition) is 1. The van der Waals surface area contributed by atoms with Crippen LogP contribution in [0, 0.1) is 0 Å². The van der Waals surface area contributed by atoms with Crippen molar-refractivity contribution in [3.05, 3.63) is 60.0 Å². The zero-order valence-electron chi connectivity index (χ0n) is 16.8. The highest BCUT2D eigenvalue weighted by molar-refractivity contribution is 7.89. The molecule has 2 aromatic carbocycles. The van der Waals surface area contributed by atoms with E-state index >= 15 is 0 Å². The van der Waals surface area contributed by atoms with Gasteiger partial charge >= 0.3 is 11.8 Å². The van der Waals surface area contributed by atoms with Crippen LogP contribution in [0.5, 0.6) is 5.75 Å². The molecule has 0 aliphatic rings. The van der Waals surface area contributed by atoms with Crippen molar-refractivity contribution in [2.24, 2.45) is 0 Å². The molecule has 10 heteroatoms. The molecule has 1 amide bonds. The van der Waals surface area contributed by atoms with Crippen molar-refractivity contribution in [2.45, 2.75) is 18.4 Å². The lowest BCUT2D eigenvalue weighted by atomic mass is 10.2. The minimum atomic E-state index is -3.53. The summed E-state index contributed by atoms with van der Waals surface area (Å²) in [7, 11) is -0.619. The fourth-order valence-electron chi connectivity index (χ4n) is 2.61. The number of sulfonamides is 1. The topological polar surface area (TPSA) is 115 Å². The average Bonchev–Trinajstić information content (AvgIpc) is 3.23. The van der Waals surface area contributed by atoms with E-state index in [-0.39, 0.29) is 23.2 Å². The maximum Gasteiger partial charge on any atom is 0.309 e. The van der Waals surface area contributed by atoms with E-state index in [4.69, 9.17) is 9.15 Å². The molecule has 1 aromatic heterocycles. The summed E-state index contributed by atoms with van der Waals surface area (Å²) in [6, 6.07) is 13.4. The van der Waals surface area contributed by atoms with Crippen molar-refractivity contribution in [1.29, 1.82) is 0 Å². The largest absolute Gasteiger partial charge is 0.494 e. The Morgan fingerprint density at radius 2 is 1.80 bits per heavy atom. The molecule has 1 N–H and O–H groups in total. The number of benzene rings is 2. The van der Waals surface area contributed by atoms with Crippen LogP contribution in [0.4, 0.5) is 0 Å². The number of amides is 1. The van der Waals surface area contributed by atoms with Crippen molar-refractivity contribution in [3.63, 3.8) is 0 Å². The molecule has 1 heterocycles. The predicted molar refractivity (Wildman–Crippen MR) is 109 cm³/mol. The molecule has 0 atom stereocenters. The number of hydrogen-bond acceptors (Lipinski definition) is 7. The maximum absolute atomic E-state index is 12.4. The van der Waals surface area contributed by atoms with E-state index in [2.05, 4.69) is 15.5 Å². The Balaban J connectivity index is 1.70. The summed E-state index contributed by atoms with van der Waals surface area (Å²) in [6.07, 6.45) is 0. The first-order chi connectivity index (χ1) is 14.3. The second-order valence-corrected chi connectivity index (χ2v) is 8.60. The van der Waals surface area contributed by atoms with Crippen molar-refractivity contribution >= 4 is 15.9 Å². The lowest BCUT2D eigenvalue weighted by molar-refractivity contribution is 0.0916. The third kappa shape index (κ3) is 4.66. The minimum Gasteiger partial charge on any atom is -0.494 e. The monoisotopic (exact) mass is 430 g/mol. The lowest BCUT2D eigenvalue weighted by Gasteiger charge is -2.11. The highest BCUT2D eigenvalue weighted by atomic mass is 32.2. The summed E-state index contributed by atoms with van der Waals surface area (Å²) in [5.74, 6) is 0.0960. The van der Waals surface area contributed by atoms with Crippen LogP contribution >= 0.6 is 0 Å². The van der Waals surface area contributed by atoms with E-state index in [1.807, 2.05) is 31.2 Å². The van der Waals surface area contributed by atoms with Gasteiger partial charge in [-0.1, -0.05) is 18.2 Å². The number of nitrogens with zero attached hydrogens (tertiary/aromatic N) is 3. The van der Waals surface area contributed by atoms with Gasteiger partial charge in [-0.3, -0.25) is 4.79 Å². The summed E-state index contributed by atoms with van der Waals surface area (Å²) in [6.45, 7) is 2.65. The van der Waals surface area contributed by atoms with E-state index in [0.29, 0.717) is 17.9 Å². The number of para-hydroxylation sites is 1. The van der Waals surface area contributed by atoms with Gasteiger partial charge in [-0.05, 0) is 37.3 Å². The van der Waals surface area contributed by atoms with E-state index in [9.17, 15) is 13.2 Å². The molecule has 9 nitrogen and oxygen atoms in total. The Morgan fingerprint density at radius 1 is 1.10 bits per heavy atom. The Bertz CT molecular complexity index is 1120. The van der Waals surface area contributed by atoms with E-state index in [0.717, 1.165) is 9.87 Å². The highest BCUT2D eigenvalue weighted by Gasteiger charge is 2.19. The van der Waals surface area contributed by atoms with Crippen LogP contribution in [0.25, 0.3) is 11.5 Å². The predicted octanol–water partition coefficient (Wildman–Crippen LogP) is 2.32. The fraction of sp³-hybridized carbons (Fsp3) is 0.250. The van der Waals surface area contributed by atoms with Crippen molar-refractivity contribution in [2.75, 3.05) is 20.7 Å². The van der Waals surface area contributed by atoms with Crippen LogP contribution in [-0.4, -0.2) is 49.5 Å². The quantitative estimate of drug-likeness (QED) is 0.583. The van der Waals surface area contributed by atoms with Crippen molar-refractivity contribution in [1.82, 2.24) is 19.8 Å². The van der Waals surface area contributed by atoms with Gasteiger partial charge in [0.1, 0.15) is 5.75 Å². The van der Waals surface area contributed by atoms with Crippen LogP contribution in [0.3, 0.4) is 0 Å². The zero-order chi connectivity index (χ0) is 21.7. The Morgan fingerprint density at radius 3 is 2.47 bits per heavy atom. The highest BCUT2D eigenvalue weighted by Crippen LogP contribution is 2.22. The first-order valence-corrected chi connectivity index (χ1v) is 10.6. The van der Waals surface area contributed by atoms with Gasteiger partial charge < -0.3 is 14.5 Å². The third-order valence-corrected chi connectivity index (χ3v) is 6.04. The van der Waals surface area contributed by atoms with E-state index in [1.54, 1.807) is 12.1 Å². The number of rotatable bonds is 8. The third-order valence-electron chi connectivity index (χ3n) is 4.21. The van der Waals surface area contributed by atoms with Crippen molar-refractivity contribution in [3.8, 4) is 17.2 Å². The summed E-state index contributed by atoms with van der Waals surface area (Å²) in [5.41, 5.74) is 1.33. The van der Waals surface area contributed by atoms with Crippen molar-refractivity contribution < 1.29 is 22.4 Å². The first-order valence-electron chi connectivity index (χ1n) is 9.18. The molecule has 158 valence electrons. The average molecular weight is 430 g/mol. The summed E-state index contributed by atoms with van der Waals surface area (Å²) >= 11 is 0. The summed E-state index contributed by atoms with van der Waals surface area (Å²) < 4.78 is 36.4. The molecule has 3 aromatic rings. The van der Waals surface area contributed by atoms with Gasteiger partial charge in [-0.15, -0.1) is 10.2 Å². The molecule has 0 fully saturated rings. The number of nitrogens with one attached hydrogen (secondary N) is 1. The molecular weight excluding hydrogens is 408 g/mol. The van der Waals surface area contributed by atoms with Crippen LogP contribution in [0.2, 0.25) is 0 Å². The second kappa shape index (κ2) is 9.06. The minimum absolute atomic E-state index is 0.115. The zero-order valence-corrected chi connectivity index (χ0v) is 17.6. The normalized spacial score (nSPS) is 11.5. The Labute approximate surface area is 174 Å². The SMILES string of the molecule is CCOc1ccccc1CNC(=O)c1nnc(-c2ccc(S(=O)(=O)N(C)C)cc2)o1. The van der Waals surface area contributed by atoms with Crippen LogP contribution < -0.4 is 10.1 Å². The van der Waals surface area contributed by atoms with Gasteiger partial charge in [-0.2, -0.15) is 0 Å². The number of carbonyl (C=O) groups is 1. The van der Waals surface area contributed by atoms with Gasteiger partial charge in [-0.25, -0.2) is 12.7 Å². The maximum atomic E-state index is 12.4. The number of ether oxygens (including phenoxy) is 1. The van der Waals surface area contributed by atoms with Gasteiger partial charge in [0.15, 0.2) is 0 Å². The molecule has 30 heavy (non-hydrogen) atoms. The van der Waals surface area contributed by atoms with Gasteiger partial charge in [0.25, 0.3) is 0 Å². The van der Waals surface area contributed by atoms with E-state index in [1.165, 1.54) is 26.2 Å². The van der Waals surface area contributed by atoms with Gasteiger partial charge in [0, 0.05) is 31.8 Å². The molecule has 0 bridgehead atoms. The van der Waals surface area contributed by atoms with Crippen LogP contribution in [0.15, 0.2) is 57.8 Å². The number of aromatic nitrogens is 2. The molecule has 0 radical (unpaired) electrons. The van der Waals surface area contributed by atoms with Gasteiger partial charge in [0.2, 0.25) is 15.9 Å². The molecule has 0 aliphatic carbocycles. The molecular formula is C20H22N4O5S. The van der Waals surface area contributed by atoms with Crippen LogP contribution in [-0.2, 0) is 16.6 Å². The lowest BCUT2D eigenvalue weighted by Crippen LogP contribution is -2.23. The summed E-state index contributed by atoms with van der Waals surface area (Å²) in [4.78, 5) is 12.5. The summed E-state index contributed by atoms with van der Waals surface area (Å²) in [5, 5.41) is 10.4. The van der Waals surface area contributed by atoms with Crippen LogP contribution in [0.1, 0.15) is 23.2 Å². The molecule has 0 aliphatic heterocycles. The molecule has 0 unspecified atom stereocenters. The van der Waals surface area contributed by atoms with E-state index < -0.39 is 15.9 Å².